The van der Waals surface area contributed by atoms with Crippen LogP contribution in [0.15, 0.2) is 273 Å². The number of rotatable bonds is 8. The van der Waals surface area contributed by atoms with Crippen LogP contribution in [0.4, 0.5) is 0 Å². The van der Waals surface area contributed by atoms with Gasteiger partial charge in [0, 0.05) is 63.2 Å². The maximum Gasteiger partial charge on any atom is 0.238 e. The molecule has 0 amide bonds. The molecule has 0 aliphatic rings. The minimum absolute atomic E-state index is 0.519. The molecule has 70 heavy (non-hydrogen) atoms. The lowest BCUT2D eigenvalue weighted by molar-refractivity contribution is 0.669. The molecule has 0 radical (unpaired) electrons. The summed E-state index contributed by atoms with van der Waals surface area (Å²) in [6, 6.07) is 88.7. The van der Waals surface area contributed by atoms with Crippen molar-refractivity contribution in [2.45, 2.75) is 19.6 Å². The Kier molecular flexibility index (Phi) is 9.19. The van der Waals surface area contributed by atoms with E-state index in [2.05, 4.69) is 240 Å². The molecular formula is C63H41N5OS. The number of hydrogen-bond acceptors (Lipinski definition) is 4. The predicted octanol–water partition coefficient (Wildman–Crippen LogP) is 16.6. The molecule has 0 fully saturated rings. The van der Waals surface area contributed by atoms with Crippen molar-refractivity contribution in [1.29, 1.82) is 0 Å². The van der Waals surface area contributed by atoms with Gasteiger partial charge in [0.05, 0.1) is 27.6 Å². The van der Waals surface area contributed by atoms with Crippen LogP contribution in [-0.2, 0) is 0 Å². The second kappa shape index (κ2) is 16.0. The average Bonchev–Trinajstić information content (AvgIpc) is 4.10. The molecule has 0 spiro atoms. The van der Waals surface area contributed by atoms with Gasteiger partial charge >= 0.3 is 0 Å². The molecule has 6 nitrogen and oxygen atoms in total. The van der Waals surface area contributed by atoms with Gasteiger partial charge in [0.15, 0.2) is 11.6 Å². The van der Waals surface area contributed by atoms with Crippen LogP contribution in [0.1, 0.15) is 0 Å². The largest absolute Gasteiger partial charge is 0.455 e. The summed E-state index contributed by atoms with van der Waals surface area (Å²) in [5.41, 5.74) is 8.64. The number of aromatic nitrogens is 5. The van der Waals surface area contributed by atoms with Gasteiger partial charge in [0.2, 0.25) is 5.95 Å². The Hall–Kier alpha value is -9.04. The van der Waals surface area contributed by atoms with Gasteiger partial charge in [-0.15, -0.1) is 10.0 Å². The van der Waals surface area contributed by atoms with Crippen LogP contribution in [0.5, 0.6) is 0 Å². The summed E-state index contributed by atoms with van der Waals surface area (Å²) < 4.78 is 11.2. The van der Waals surface area contributed by atoms with Crippen molar-refractivity contribution in [3.8, 4) is 34.4 Å². The van der Waals surface area contributed by atoms with Crippen LogP contribution in [0.2, 0.25) is 0 Å². The van der Waals surface area contributed by atoms with Crippen molar-refractivity contribution >= 4 is 75.6 Å². The lowest BCUT2D eigenvalue weighted by Gasteiger charge is -2.42. The van der Waals surface area contributed by atoms with E-state index in [-0.39, 0.29) is 0 Å². The molecule has 7 heteroatoms. The minimum atomic E-state index is -1.91. The molecule has 0 N–H and O–H groups in total. The topological polar surface area (TPSA) is 61.7 Å². The van der Waals surface area contributed by atoms with Gasteiger partial charge in [0.1, 0.15) is 11.2 Å². The van der Waals surface area contributed by atoms with Crippen molar-refractivity contribution in [3.63, 3.8) is 0 Å². The van der Waals surface area contributed by atoms with E-state index in [4.69, 9.17) is 19.4 Å². The zero-order chi connectivity index (χ0) is 46.2. The van der Waals surface area contributed by atoms with E-state index in [0.29, 0.717) is 17.6 Å². The first-order valence-corrected chi connectivity index (χ1v) is 25.1. The Labute approximate surface area is 404 Å². The van der Waals surface area contributed by atoms with Crippen molar-refractivity contribution < 1.29 is 4.42 Å². The molecule has 14 rings (SSSR count). The van der Waals surface area contributed by atoms with Gasteiger partial charge in [-0.3, -0.25) is 4.57 Å². The number of furan rings is 1. The summed E-state index contributed by atoms with van der Waals surface area (Å²) in [6.45, 7) is 0. The number of benzene rings is 10. The van der Waals surface area contributed by atoms with Crippen molar-refractivity contribution in [2.75, 3.05) is 0 Å². The zero-order valence-electron chi connectivity index (χ0n) is 37.7. The van der Waals surface area contributed by atoms with Crippen LogP contribution in [0.25, 0.3) is 100.0 Å². The van der Waals surface area contributed by atoms with Gasteiger partial charge < -0.3 is 8.98 Å². The van der Waals surface area contributed by atoms with Crippen molar-refractivity contribution in [3.05, 3.63) is 249 Å². The smallest absolute Gasteiger partial charge is 0.238 e. The van der Waals surface area contributed by atoms with Gasteiger partial charge in [-0.2, -0.15) is 9.97 Å². The maximum atomic E-state index is 6.64. The Morgan fingerprint density at radius 3 is 1.41 bits per heavy atom. The van der Waals surface area contributed by atoms with Crippen molar-refractivity contribution in [2.24, 2.45) is 0 Å². The quantitative estimate of drug-likeness (QED) is 0.152. The Morgan fingerprint density at radius 1 is 0.329 bits per heavy atom. The molecule has 0 atom stereocenters. The Bertz CT molecular complexity index is 4140. The monoisotopic (exact) mass is 915 g/mol. The highest BCUT2D eigenvalue weighted by molar-refractivity contribution is 8.34. The third kappa shape index (κ3) is 6.12. The predicted molar refractivity (Wildman–Crippen MR) is 287 cm³/mol. The van der Waals surface area contributed by atoms with Crippen LogP contribution in [0, 0.1) is 0 Å². The van der Waals surface area contributed by atoms with Crippen LogP contribution >= 0.6 is 10.0 Å². The molecule has 0 saturated heterocycles. The number of nitrogens with zero attached hydrogens (tertiary/aromatic N) is 5. The first kappa shape index (κ1) is 40.1. The number of fused-ring (bicyclic) bond motifs is 9. The first-order chi connectivity index (χ1) is 34.7. The molecule has 14 aromatic rings. The zero-order valence-corrected chi connectivity index (χ0v) is 38.5. The van der Waals surface area contributed by atoms with E-state index in [1.807, 2.05) is 18.2 Å². The second-order valence-corrected chi connectivity index (χ2v) is 20.7. The van der Waals surface area contributed by atoms with E-state index in [0.717, 1.165) is 60.6 Å². The summed E-state index contributed by atoms with van der Waals surface area (Å²) in [6.07, 6.45) is 0. The van der Waals surface area contributed by atoms with Gasteiger partial charge in [-0.1, -0.05) is 152 Å². The third-order valence-corrected chi connectivity index (χ3v) is 17.6. The highest BCUT2D eigenvalue weighted by atomic mass is 32.3. The maximum absolute atomic E-state index is 6.64. The molecule has 0 aliphatic carbocycles. The summed E-state index contributed by atoms with van der Waals surface area (Å²) >= 11 is 0. The van der Waals surface area contributed by atoms with Gasteiger partial charge in [-0.05, 0) is 97.1 Å². The summed E-state index contributed by atoms with van der Waals surface area (Å²) in [5.74, 6) is 1.61. The van der Waals surface area contributed by atoms with E-state index in [1.54, 1.807) is 0 Å². The fraction of sp³-hybridized carbons (Fsp3) is 0. The average molecular weight is 916 g/mol. The molecule has 0 unspecified atom stereocenters. The van der Waals surface area contributed by atoms with Crippen molar-refractivity contribution in [1.82, 2.24) is 24.1 Å². The summed E-state index contributed by atoms with van der Waals surface area (Å²) in [5, 5.41) is 6.72. The third-order valence-electron chi connectivity index (χ3n) is 13.7. The standard InChI is InChI=1S/C63H41N5OS/c1-4-19-44(20-5-1)70(45-21-6-2-7-22-45,46-23-8-3-9-24-46)47-38-35-42(36-39-47)61-64-62(53-30-18-29-52-51-28-13-17-34-59(51)69-60(52)53)66-63(65-61)68-57-33-16-12-27-50(57)54-41-43(37-40-58(54)68)67-55-31-14-10-25-48(55)49-26-11-15-32-56(49)67/h1-41H. The molecule has 330 valence electrons. The fourth-order valence-electron chi connectivity index (χ4n) is 10.7. The summed E-state index contributed by atoms with van der Waals surface area (Å²) in [4.78, 5) is 21.2. The molecule has 0 aliphatic heterocycles. The molecule has 10 aromatic carbocycles. The normalized spacial score (nSPS) is 12.2. The highest BCUT2D eigenvalue weighted by Gasteiger charge is 2.33. The van der Waals surface area contributed by atoms with Gasteiger partial charge in [-0.25, -0.2) is 4.98 Å². The Balaban J connectivity index is 0.996. The van der Waals surface area contributed by atoms with E-state index < -0.39 is 10.0 Å². The van der Waals surface area contributed by atoms with E-state index in [9.17, 15) is 0 Å². The fourth-order valence-corrected chi connectivity index (χ4v) is 14.5. The lowest BCUT2D eigenvalue weighted by Crippen LogP contribution is -2.07. The van der Waals surface area contributed by atoms with E-state index in [1.165, 1.54) is 41.4 Å². The molecule has 0 bridgehead atoms. The minimum Gasteiger partial charge on any atom is -0.455 e. The van der Waals surface area contributed by atoms with E-state index >= 15 is 0 Å². The second-order valence-electron chi connectivity index (χ2n) is 17.6. The molecule has 4 aromatic heterocycles. The SMILES string of the molecule is c1ccc(S(c2ccccc2)(c2ccccc2)c2ccc(-c3nc(-c4cccc5c4oc4ccccc45)nc(-n4c5ccccc5c5cc(-n6c7ccccc7c7ccccc76)ccc54)n3)cc2)cc1. The highest BCUT2D eigenvalue weighted by Crippen LogP contribution is 2.73. The van der Waals surface area contributed by atoms with Crippen LogP contribution in [-0.4, -0.2) is 24.1 Å². The Morgan fingerprint density at radius 2 is 0.800 bits per heavy atom. The van der Waals surface area contributed by atoms with Crippen LogP contribution in [0.3, 0.4) is 0 Å². The molecule has 4 heterocycles. The van der Waals surface area contributed by atoms with Crippen LogP contribution < -0.4 is 0 Å². The number of para-hydroxylation sites is 5. The lowest BCUT2D eigenvalue weighted by atomic mass is 10.1. The molecule has 0 saturated carbocycles. The molecular weight excluding hydrogens is 875 g/mol. The first-order valence-electron chi connectivity index (χ1n) is 23.5. The summed E-state index contributed by atoms with van der Waals surface area (Å²) in [7, 11) is -1.91. The van der Waals surface area contributed by atoms with Gasteiger partial charge in [0.25, 0.3) is 0 Å². The number of hydrogen-bond donors (Lipinski definition) is 0.